The van der Waals surface area contributed by atoms with Crippen LogP contribution in [0.3, 0.4) is 0 Å². The summed E-state index contributed by atoms with van der Waals surface area (Å²) in [4.78, 5) is 22.8. The number of carbonyl (C=O) groups excluding carboxylic acids is 1. The van der Waals surface area contributed by atoms with E-state index in [0.717, 1.165) is 10.8 Å². The summed E-state index contributed by atoms with van der Waals surface area (Å²) >= 11 is 1.39. The Hall–Kier alpha value is -1.15. The van der Waals surface area contributed by atoms with Crippen LogP contribution in [0.5, 0.6) is 0 Å². The third-order valence-electron chi connectivity index (χ3n) is 2.16. The Morgan fingerprint density at radius 3 is 2.84 bits per heavy atom. The first kappa shape index (κ1) is 17.8. The summed E-state index contributed by atoms with van der Waals surface area (Å²) in [6.07, 6.45) is 4.11. The first-order valence-corrected chi connectivity index (χ1v) is 6.08. The molecule has 2 rings (SSSR count). The molecule has 0 atom stereocenters. The number of amides is 1. The van der Waals surface area contributed by atoms with E-state index in [9.17, 15) is 4.79 Å². The molecule has 0 bridgehead atoms. The minimum absolute atomic E-state index is 0. The van der Waals surface area contributed by atoms with Gasteiger partial charge in [-0.25, -0.2) is 9.97 Å². The van der Waals surface area contributed by atoms with Gasteiger partial charge in [-0.3, -0.25) is 4.79 Å². The number of aromatic amines is 1. The lowest BCUT2D eigenvalue weighted by Gasteiger charge is -2.00. The van der Waals surface area contributed by atoms with E-state index >= 15 is 0 Å². The highest BCUT2D eigenvalue weighted by Crippen LogP contribution is 2.08. The zero-order chi connectivity index (χ0) is 12.1. The maximum absolute atomic E-state index is 11.7. The number of nitrogens with two attached hydrogens (primary N) is 1. The molecule has 0 saturated heterocycles. The van der Waals surface area contributed by atoms with Gasteiger partial charge in [0.15, 0.2) is 0 Å². The summed E-state index contributed by atoms with van der Waals surface area (Å²) in [5.74, 6) is 0.679. The van der Waals surface area contributed by atoms with Gasteiger partial charge in [-0.1, -0.05) is 0 Å². The minimum Gasteiger partial charge on any atom is -0.350 e. The van der Waals surface area contributed by atoms with Crippen LogP contribution in [0.4, 0.5) is 0 Å². The largest absolute Gasteiger partial charge is 0.350 e. The normalized spacial score (nSPS) is 9.32. The summed E-state index contributed by atoms with van der Waals surface area (Å²) in [5.41, 5.74) is 5.86. The van der Waals surface area contributed by atoms with Crippen molar-refractivity contribution in [3.8, 4) is 0 Å². The second-order valence-corrected chi connectivity index (χ2v) is 4.32. The quantitative estimate of drug-likeness (QED) is 0.768. The van der Waals surface area contributed by atoms with E-state index in [1.807, 2.05) is 0 Å². The molecule has 0 unspecified atom stereocenters. The van der Waals surface area contributed by atoms with Gasteiger partial charge in [-0.15, -0.1) is 36.2 Å². The van der Waals surface area contributed by atoms with E-state index in [4.69, 9.17) is 5.73 Å². The van der Waals surface area contributed by atoms with Crippen molar-refractivity contribution < 1.29 is 4.79 Å². The number of halogens is 2. The average molecular weight is 324 g/mol. The van der Waals surface area contributed by atoms with Gasteiger partial charge >= 0.3 is 0 Å². The maximum atomic E-state index is 11.7. The molecule has 0 aliphatic carbocycles. The van der Waals surface area contributed by atoms with Crippen molar-refractivity contribution in [3.05, 3.63) is 34.3 Å². The number of imidazole rings is 1. The Bertz CT molecular complexity index is 488. The van der Waals surface area contributed by atoms with Crippen molar-refractivity contribution in [1.82, 2.24) is 20.3 Å². The molecular formula is C10H15Cl2N5OS. The Morgan fingerprint density at radius 1 is 1.47 bits per heavy atom. The summed E-state index contributed by atoms with van der Waals surface area (Å²) < 4.78 is 0. The standard InChI is InChI=1S/C10H13N5OS.2ClH/c11-5-9-15-7(6-17-9)10(16)14-2-1-8-12-3-4-13-8;;/h3-4,6H,1-2,5,11H2,(H,12,13)(H,14,16);2*1H. The zero-order valence-corrected chi connectivity index (χ0v) is 12.4. The number of aromatic nitrogens is 3. The lowest BCUT2D eigenvalue weighted by Crippen LogP contribution is -2.26. The Labute approximate surface area is 127 Å². The number of thiazole rings is 1. The maximum Gasteiger partial charge on any atom is 0.270 e. The summed E-state index contributed by atoms with van der Waals surface area (Å²) in [6.45, 7) is 0.895. The highest BCUT2D eigenvalue weighted by molar-refractivity contribution is 7.09. The minimum atomic E-state index is -0.174. The molecule has 0 radical (unpaired) electrons. The van der Waals surface area contributed by atoms with Gasteiger partial charge in [0.25, 0.3) is 5.91 Å². The molecule has 2 heterocycles. The fourth-order valence-corrected chi connectivity index (χ4v) is 1.98. The highest BCUT2D eigenvalue weighted by Gasteiger charge is 2.09. The van der Waals surface area contributed by atoms with E-state index in [0.29, 0.717) is 25.2 Å². The average Bonchev–Trinajstić information content (AvgIpc) is 2.99. The van der Waals surface area contributed by atoms with Gasteiger partial charge in [0.1, 0.15) is 16.5 Å². The molecular weight excluding hydrogens is 309 g/mol. The predicted molar refractivity (Wildman–Crippen MR) is 79.1 cm³/mol. The van der Waals surface area contributed by atoms with Crippen LogP contribution >= 0.6 is 36.2 Å². The number of H-pyrrole nitrogens is 1. The van der Waals surface area contributed by atoms with Crippen LogP contribution in [-0.2, 0) is 13.0 Å². The number of rotatable bonds is 5. The molecule has 0 spiro atoms. The van der Waals surface area contributed by atoms with Crippen LogP contribution in [0.2, 0.25) is 0 Å². The molecule has 9 heteroatoms. The number of hydrogen-bond acceptors (Lipinski definition) is 5. The molecule has 106 valence electrons. The topological polar surface area (TPSA) is 96.7 Å². The monoisotopic (exact) mass is 323 g/mol. The van der Waals surface area contributed by atoms with Gasteiger partial charge in [-0.2, -0.15) is 0 Å². The third kappa shape index (κ3) is 5.15. The van der Waals surface area contributed by atoms with Gasteiger partial charge in [0, 0.05) is 37.3 Å². The van der Waals surface area contributed by atoms with E-state index in [1.165, 1.54) is 11.3 Å². The van der Waals surface area contributed by atoms with Crippen LogP contribution in [0, 0.1) is 0 Å². The van der Waals surface area contributed by atoms with E-state index < -0.39 is 0 Å². The molecule has 0 aromatic carbocycles. The van der Waals surface area contributed by atoms with Crippen molar-refractivity contribution >= 4 is 42.1 Å². The number of nitrogens with one attached hydrogen (secondary N) is 2. The van der Waals surface area contributed by atoms with Gasteiger partial charge in [0.05, 0.1) is 0 Å². The van der Waals surface area contributed by atoms with Crippen molar-refractivity contribution in [3.63, 3.8) is 0 Å². The molecule has 4 N–H and O–H groups in total. The molecule has 0 fully saturated rings. The predicted octanol–water partition coefficient (Wildman–Crippen LogP) is 1.14. The smallest absolute Gasteiger partial charge is 0.270 e. The van der Waals surface area contributed by atoms with Gasteiger partial charge < -0.3 is 16.0 Å². The fraction of sp³-hybridized carbons (Fsp3) is 0.300. The summed E-state index contributed by atoms with van der Waals surface area (Å²) in [7, 11) is 0. The van der Waals surface area contributed by atoms with Crippen molar-refractivity contribution in [1.29, 1.82) is 0 Å². The lowest BCUT2D eigenvalue weighted by molar-refractivity contribution is 0.0949. The van der Waals surface area contributed by atoms with E-state index in [2.05, 4.69) is 20.3 Å². The van der Waals surface area contributed by atoms with Crippen LogP contribution < -0.4 is 11.1 Å². The molecule has 19 heavy (non-hydrogen) atoms. The molecule has 0 aliphatic heterocycles. The van der Waals surface area contributed by atoms with Gasteiger partial charge in [0.2, 0.25) is 0 Å². The second kappa shape index (κ2) is 8.87. The van der Waals surface area contributed by atoms with Crippen molar-refractivity contribution in [2.45, 2.75) is 13.0 Å². The zero-order valence-electron chi connectivity index (χ0n) is 9.96. The van der Waals surface area contributed by atoms with Crippen LogP contribution in [-0.4, -0.2) is 27.4 Å². The SMILES string of the molecule is Cl.Cl.NCc1nc(C(=O)NCCc2ncc[nH]2)cs1. The van der Waals surface area contributed by atoms with Crippen molar-refractivity contribution in [2.24, 2.45) is 5.73 Å². The molecule has 2 aromatic rings. The Morgan fingerprint density at radius 2 is 2.26 bits per heavy atom. The van der Waals surface area contributed by atoms with Crippen LogP contribution in [0.1, 0.15) is 21.3 Å². The van der Waals surface area contributed by atoms with E-state index in [1.54, 1.807) is 17.8 Å². The van der Waals surface area contributed by atoms with E-state index in [-0.39, 0.29) is 30.7 Å². The van der Waals surface area contributed by atoms with Crippen molar-refractivity contribution in [2.75, 3.05) is 6.54 Å². The summed E-state index contributed by atoms with van der Waals surface area (Å²) in [6, 6.07) is 0. The number of nitrogens with zero attached hydrogens (tertiary/aromatic N) is 2. The fourth-order valence-electron chi connectivity index (χ4n) is 1.33. The first-order valence-electron chi connectivity index (χ1n) is 5.20. The Balaban J connectivity index is 0.00000162. The molecule has 6 nitrogen and oxygen atoms in total. The number of hydrogen-bond donors (Lipinski definition) is 3. The third-order valence-corrected chi connectivity index (χ3v) is 3.03. The molecule has 0 saturated carbocycles. The van der Waals surface area contributed by atoms with Crippen LogP contribution in [0.15, 0.2) is 17.8 Å². The summed E-state index contributed by atoms with van der Waals surface area (Å²) in [5, 5.41) is 5.26. The van der Waals surface area contributed by atoms with Crippen LogP contribution in [0.25, 0.3) is 0 Å². The molecule has 0 aliphatic rings. The first-order chi connectivity index (χ1) is 8.29. The highest BCUT2D eigenvalue weighted by atomic mass is 35.5. The molecule has 1 amide bonds. The lowest BCUT2D eigenvalue weighted by atomic mass is 10.4. The van der Waals surface area contributed by atoms with Gasteiger partial charge in [-0.05, 0) is 0 Å². The Kier molecular flexibility index (Phi) is 8.33. The second-order valence-electron chi connectivity index (χ2n) is 3.37. The molecule has 2 aromatic heterocycles. The number of carbonyl (C=O) groups is 1.